The van der Waals surface area contributed by atoms with E-state index < -0.39 is 18.2 Å². The molecule has 270 valence electrons. The Bertz CT molecular complexity index is 1840. The average molecular weight is 704 g/mol. The Morgan fingerprint density at radius 2 is 1.29 bits per heavy atom. The van der Waals surface area contributed by atoms with Gasteiger partial charge in [-0.1, -0.05) is 104 Å². The smallest absolute Gasteiger partial charge is 0.408 e. The van der Waals surface area contributed by atoms with Crippen molar-refractivity contribution in [2.75, 3.05) is 32.7 Å². The molecule has 11 heteroatoms. The number of nitrogens with zero attached hydrogens (tertiary/aromatic N) is 2. The molecule has 0 radical (unpaired) electrons. The number of amides is 5. The number of ether oxygens (including phenoxy) is 1. The Kier molecular flexibility index (Phi) is 13.5. The highest BCUT2D eigenvalue weighted by atomic mass is 16.5. The van der Waals surface area contributed by atoms with Crippen molar-refractivity contribution in [1.29, 1.82) is 0 Å². The molecule has 1 aliphatic heterocycles. The SMILES string of the molecule is C=CC(=O)NCCCC[C@H](NC(=O)OCc1ccccc1)C(=O)N1CCN(C(=O)[C@@H](Cc2ccccc2)NC(=O)c2cccc3ccccc23)CC1. The first-order valence-electron chi connectivity index (χ1n) is 17.6. The molecular weight excluding hydrogens is 658 g/mol. The molecule has 0 saturated carbocycles. The molecule has 0 bridgehead atoms. The van der Waals surface area contributed by atoms with Gasteiger partial charge in [-0.05, 0) is 53.3 Å². The summed E-state index contributed by atoms with van der Waals surface area (Å²) in [6.07, 6.45) is 2.29. The maximum absolute atomic E-state index is 14.0. The van der Waals surface area contributed by atoms with Crippen LogP contribution in [0.3, 0.4) is 0 Å². The van der Waals surface area contributed by atoms with Gasteiger partial charge >= 0.3 is 6.09 Å². The van der Waals surface area contributed by atoms with Crippen LogP contribution in [0.2, 0.25) is 0 Å². The standard InChI is InChI=1S/C41H45N5O6/c1-2-37(47)42-23-12-11-22-35(44-41(51)52-29-31-16-7-4-8-17-31)39(49)45-24-26-46(27-25-45)40(50)36(28-30-14-5-3-6-15-30)43-38(48)34-21-13-19-32-18-9-10-20-33(32)34/h2-10,13-21,35-36H,1,11-12,22-29H2,(H,42,47)(H,43,48)(H,44,51)/t35-,36+/m0/s1. The lowest BCUT2D eigenvalue weighted by Gasteiger charge is -2.38. The van der Waals surface area contributed by atoms with Gasteiger partial charge in [-0.2, -0.15) is 0 Å². The summed E-state index contributed by atoms with van der Waals surface area (Å²) in [6, 6.07) is 30.3. The number of benzene rings is 4. The largest absolute Gasteiger partial charge is 0.445 e. The minimum atomic E-state index is -0.855. The van der Waals surface area contributed by atoms with Gasteiger partial charge in [-0.15, -0.1) is 0 Å². The first-order chi connectivity index (χ1) is 25.3. The summed E-state index contributed by atoms with van der Waals surface area (Å²) < 4.78 is 5.40. The van der Waals surface area contributed by atoms with E-state index in [1.165, 1.54) is 6.08 Å². The first kappa shape index (κ1) is 37.3. The van der Waals surface area contributed by atoms with Crippen molar-refractivity contribution in [3.05, 3.63) is 132 Å². The molecule has 0 unspecified atom stereocenters. The number of carbonyl (C=O) groups is 5. The molecule has 1 saturated heterocycles. The topological polar surface area (TPSA) is 137 Å². The fraction of sp³-hybridized carbons (Fsp3) is 0.293. The second-order valence-corrected chi connectivity index (χ2v) is 12.6. The van der Waals surface area contributed by atoms with Gasteiger partial charge < -0.3 is 30.5 Å². The number of hydrogen-bond acceptors (Lipinski definition) is 6. The van der Waals surface area contributed by atoms with Crippen LogP contribution in [-0.2, 0) is 32.1 Å². The number of unbranched alkanes of at least 4 members (excludes halogenated alkanes) is 1. The zero-order chi connectivity index (χ0) is 36.7. The molecule has 5 rings (SSSR count). The van der Waals surface area contributed by atoms with Crippen LogP contribution in [0.4, 0.5) is 4.79 Å². The fourth-order valence-electron chi connectivity index (χ4n) is 6.22. The van der Waals surface area contributed by atoms with E-state index in [2.05, 4.69) is 22.5 Å². The van der Waals surface area contributed by atoms with E-state index in [4.69, 9.17) is 4.74 Å². The quantitative estimate of drug-likeness (QED) is 0.122. The summed E-state index contributed by atoms with van der Waals surface area (Å²) >= 11 is 0. The van der Waals surface area contributed by atoms with Crippen LogP contribution in [0, 0.1) is 0 Å². The van der Waals surface area contributed by atoms with E-state index in [0.29, 0.717) is 37.8 Å². The van der Waals surface area contributed by atoms with Crippen molar-refractivity contribution >= 4 is 40.5 Å². The predicted molar refractivity (Wildman–Crippen MR) is 199 cm³/mol. The average Bonchev–Trinajstić information content (AvgIpc) is 3.19. The van der Waals surface area contributed by atoms with Crippen molar-refractivity contribution in [2.24, 2.45) is 0 Å². The Labute approximate surface area is 304 Å². The molecule has 1 fully saturated rings. The molecule has 4 aromatic carbocycles. The van der Waals surface area contributed by atoms with E-state index in [0.717, 1.165) is 21.9 Å². The van der Waals surface area contributed by atoms with Crippen LogP contribution in [0.1, 0.15) is 40.7 Å². The van der Waals surface area contributed by atoms with Gasteiger partial charge in [-0.3, -0.25) is 19.2 Å². The molecule has 52 heavy (non-hydrogen) atoms. The summed E-state index contributed by atoms with van der Waals surface area (Å²) in [5.41, 5.74) is 2.21. The van der Waals surface area contributed by atoms with Crippen LogP contribution in [-0.4, -0.2) is 84.3 Å². The van der Waals surface area contributed by atoms with E-state index in [9.17, 15) is 24.0 Å². The number of alkyl carbamates (subject to hydrolysis) is 1. The normalized spacial score (nSPS) is 13.8. The maximum Gasteiger partial charge on any atom is 0.408 e. The fourth-order valence-corrected chi connectivity index (χ4v) is 6.22. The number of carbonyl (C=O) groups excluding carboxylic acids is 5. The van der Waals surface area contributed by atoms with E-state index >= 15 is 0 Å². The van der Waals surface area contributed by atoms with Crippen molar-refractivity contribution in [1.82, 2.24) is 25.8 Å². The first-order valence-corrected chi connectivity index (χ1v) is 17.6. The zero-order valence-electron chi connectivity index (χ0n) is 29.2. The molecule has 0 spiro atoms. The zero-order valence-corrected chi connectivity index (χ0v) is 29.2. The summed E-state index contributed by atoms with van der Waals surface area (Å²) in [7, 11) is 0. The third kappa shape index (κ3) is 10.5. The number of rotatable bonds is 15. The Morgan fingerprint density at radius 1 is 0.692 bits per heavy atom. The van der Waals surface area contributed by atoms with Gasteiger partial charge in [0.15, 0.2) is 0 Å². The number of fused-ring (bicyclic) bond motifs is 1. The molecule has 1 aliphatic rings. The molecule has 11 nitrogen and oxygen atoms in total. The Hall–Kier alpha value is -5.97. The Balaban J connectivity index is 1.22. The van der Waals surface area contributed by atoms with Crippen molar-refractivity contribution in [2.45, 2.75) is 44.4 Å². The van der Waals surface area contributed by atoms with Crippen LogP contribution in [0.15, 0.2) is 116 Å². The van der Waals surface area contributed by atoms with Gasteiger partial charge in [-0.25, -0.2) is 4.79 Å². The summed E-state index contributed by atoms with van der Waals surface area (Å²) in [5.74, 6) is -1.12. The number of hydrogen-bond donors (Lipinski definition) is 3. The number of piperazine rings is 1. The van der Waals surface area contributed by atoms with Gasteiger partial charge in [0.2, 0.25) is 17.7 Å². The lowest BCUT2D eigenvalue weighted by Crippen LogP contribution is -2.58. The third-order valence-electron chi connectivity index (χ3n) is 9.03. The molecule has 3 N–H and O–H groups in total. The summed E-state index contributed by atoms with van der Waals surface area (Å²) in [5, 5.41) is 10.2. The molecule has 0 aliphatic carbocycles. The highest BCUT2D eigenvalue weighted by Crippen LogP contribution is 2.19. The molecule has 0 aromatic heterocycles. The van der Waals surface area contributed by atoms with Gasteiger partial charge in [0, 0.05) is 44.7 Å². The predicted octanol–water partition coefficient (Wildman–Crippen LogP) is 4.62. The monoisotopic (exact) mass is 703 g/mol. The summed E-state index contributed by atoms with van der Waals surface area (Å²) in [6.45, 7) is 4.95. The maximum atomic E-state index is 14.0. The highest BCUT2D eigenvalue weighted by Gasteiger charge is 2.33. The van der Waals surface area contributed by atoms with Crippen LogP contribution in [0.5, 0.6) is 0 Å². The molecule has 4 aromatic rings. The Morgan fingerprint density at radius 3 is 1.96 bits per heavy atom. The van der Waals surface area contributed by atoms with Crippen LogP contribution in [0.25, 0.3) is 10.8 Å². The summed E-state index contributed by atoms with van der Waals surface area (Å²) in [4.78, 5) is 69.1. The van der Waals surface area contributed by atoms with Gasteiger partial charge in [0.05, 0.1) is 0 Å². The lowest BCUT2D eigenvalue weighted by atomic mass is 10.0. The van der Waals surface area contributed by atoms with E-state index in [-0.39, 0.29) is 56.4 Å². The second kappa shape index (κ2) is 18.9. The van der Waals surface area contributed by atoms with Crippen LogP contribution < -0.4 is 16.0 Å². The van der Waals surface area contributed by atoms with Crippen LogP contribution >= 0.6 is 0 Å². The molecule has 1 heterocycles. The van der Waals surface area contributed by atoms with Crippen molar-refractivity contribution < 1.29 is 28.7 Å². The van der Waals surface area contributed by atoms with Crippen molar-refractivity contribution in [3.8, 4) is 0 Å². The van der Waals surface area contributed by atoms with Crippen molar-refractivity contribution in [3.63, 3.8) is 0 Å². The van der Waals surface area contributed by atoms with Gasteiger partial charge in [0.1, 0.15) is 18.7 Å². The van der Waals surface area contributed by atoms with Gasteiger partial charge in [0.25, 0.3) is 5.91 Å². The molecule has 2 atom stereocenters. The molecule has 5 amide bonds. The third-order valence-corrected chi connectivity index (χ3v) is 9.03. The number of nitrogens with one attached hydrogen (secondary N) is 3. The minimum Gasteiger partial charge on any atom is -0.445 e. The van der Waals surface area contributed by atoms with E-state index in [1.807, 2.05) is 97.1 Å². The minimum absolute atomic E-state index is 0.0587. The molecular formula is C41H45N5O6. The lowest BCUT2D eigenvalue weighted by molar-refractivity contribution is -0.141. The highest BCUT2D eigenvalue weighted by molar-refractivity contribution is 6.08. The second-order valence-electron chi connectivity index (χ2n) is 12.6. The van der Waals surface area contributed by atoms with E-state index in [1.54, 1.807) is 15.9 Å².